The number of piperazine rings is 1. The molecular formula is C29H45N9O4. The van der Waals surface area contributed by atoms with Gasteiger partial charge in [-0.2, -0.15) is 0 Å². The van der Waals surface area contributed by atoms with Crippen molar-refractivity contribution >= 4 is 29.6 Å². The van der Waals surface area contributed by atoms with E-state index in [1.54, 1.807) is 55.0 Å². The van der Waals surface area contributed by atoms with Crippen LogP contribution in [0.3, 0.4) is 0 Å². The molecule has 1 aromatic carbocycles. The Labute approximate surface area is 247 Å². The second kappa shape index (κ2) is 12.7. The minimum atomic E-state index is -1.10. The number of hydrogen-bond acceptors (Lipinski definition) is 7. The first-order valence-electron chi connectivity index (χ1n) is 14.6. The molecule has 0 radical (unpaired) electrons. The lowest BCUT2D eigenvalue weighted by Gasteiger charge is -2.40. The first-order valence-corrected chi connectivity index (χ1v) is 14.6. The Hall–Kier alpha value is -3.68. The summed E-state index contributed by atoms with van der Waals surface area (Å²) >= 11 is 0. The van der Waals surface area contributed by atoms with E-state index in [0.717, 1.165) is 24.8 Å². The van der Waals surface area contributed by atoms with Gasteiger partial charge in [0.05, 0.1) is 17.3 Å². The van der Waals surface area contributed by atoms with Gasteiger partial charge in [0.15, 0.2) is 0 Å². The largest absolute Gasteiger partial charge is 0.341 e. The van der Waals surface area contributed by atoms with Crippen LogP contribution in [0.5, 0.6) is 0 Å². The number of urea groups is 2. The van der Waals surface area contributed by atoms with E-state index in [1.807, 2.05) is 17.0 Å². The molecule has 3 aliphatic rings. The Morgan fingerprint density at radius 2 is 1.67 bits per heavy atom. The molecule has 0 bridgehead atoms. The van der Waals surface area contributed by atoms with E-state index in [4.69, 9.17) is 17.2 Å². The predicted octanol–water partition coefficient (Wildman–Crippen LogP) is 0.247. The predicted molar refractivity (Wildman–Crippen MR) is 160 cm³/mol. The molecule has 0 saturated carbocycles. The molecule has 13 nitrogen and oxygen atoms in total. The molecule has 4 rings (SSSR count). The number of nitrogens with one attached hydrogen (secondary N) is 2. The maximum atomic E-state index is 13.0. The summed E-state index contributed by atoms with van der Waals surface area (Å²) in [6.45, 7) is 7.85. The molecule has 3 atom stereocenters. The Kier molecular flexibility index (Phi) is 9.43. The average molecular weight is 584 g/mol. The molecule has 2 saturated heterocycles. The van der Waals surface area contributed by atoms with Crippen LogP contribution in [0.2, 0.25) is 0 Å². The highest BCUT2D eigenvalue weighted by molar-refractivity contribution is 5.96. The van der Waals surface area contributed by atoms with E-state index in [0.29, 0.717) is 51.4 Å². The van der Waals surface area contributed by atoms with Gasteiger partial charge in [-0.15, -0.1) is 0 Å². The van der Waals surface area contributed by atoms with Gasteiger partial charge in [0.2, 0.25) is 11.8 Å². The third-order valence-electron chi connectivity index (χ3n) is 7.99. The van der Waals surface area contributed by atoms with Crippen molar-refractivity contribution in [2.75, 3.05) is 44.2 Å². The van der Waals surface area contributed by atoms with Crippen LogP contribution in [0, 0.1) is 0 Å². The smallest absolute Gasteiger partial charge is 0.328 e. The summed E-state index contributed by atoms with van der Waals surface area (Å²) in [6, 6.07) is 6.04. The number of amides is 6. The third kappa shape index (κ3) is 7.58. The van der Waals surface area contributed by atoms with E-state index < -0.39 is 23.3 Å². The van der Waals surface area contributed by atoms with E-state index in [9.17, 15) is 19.2 Å². The zero-order chi connectivity index (χ0) is 30.7. The molecule has 8 N–H and O–H groups in total. The highest BCUT2D eigenvalue weighted by Crippen LogP contribution is 2.22. The van der Waals surface area contributed by atoms with Gasteiger partial charge in [-0.3, -0.25) is 14.5 Å². The Bertz CT molecular complexity index is 1190. The fourth-order valence-corrected chi connectivity index (χ4v) is 5.42. The zero-order valence-electron chi connectivity index (χ0n) is 24.8. The second-order valence-corrected chi connectivity index (χ2v) is 12.2. The standard InChI is InChI=1S/C29H45N9O4/c1-28(2,32)25(40)36-15-17-37(18-16-36)26(41)33-29(3)11-14-38(27(42)34-29)22-8-6-20(7-9-22)19-23(31)24(39)35-12-4-5-21(30)10-13-35/h6-9,11,14,21,23H,4-5,10,12-13,15-19,30-32H2,1-3H3,(H,33,41)(H,34,42). The topological polar surface area (TPSA) is 183 Å². The Morgan fingerprint density at radius 3 is 2.29 bits per heavy atom. The van der Waals surface area contributed by atoms with Crippen molar-refractivity contribution in [3.8, 4) is 0 Å². The highest BCUT2D eigenvalue weighted by Gasteiger charge is 2.36. The number of anilines is 1. The molecule has 6 amide bonds. The van der Waals surface area contributed by atoms with Gasteiger partial charge in [0.25, 0.3) is 0 Å². The summed E-state index contributed by atoms with van der Waals surface area (Å²) in [6.07, 6.45) is 6.30. The van der Waals surface area contributed by atoms with Gasteiger partial charge in [-0.1, -0.05) is 12.1 Å². The summed E-state index contributed by atoms with van der Waals surface area (Å²) in [5, 5.41) is 5.72. The third-order valence-corrected chi connectivity index (χ3v) is 7.99. The first-order chi connectivity index (χ1) is 19.8. The fraction of sp³-hybridized carbons (Fsp3) is 0.586. The van der Waals surface area contributed by atoms with Crippen LogP contribution >= 0.6 is 0 Å². The molecule has 3 heterocycles. The van der Waals surface area contributed by atoms with E-state index in [-0.39, 0.29) is 23.9 Å². The van der Waals surface area contributed by atoms with Crippen molar-refractivity contribution in [1.82, 2.24) is 25.3 Å². The number of hydrogen-bond donors (Lipinski definition) is 5. The van der Waals surface area contributed by atoms with Gasteiger partial charge in [0, 0.05) is 51.5 Å². The maximum absolute atomic E-state index is 13.0. The number of benzene rings is 1. The molecule has 0 spiro atoms. The van der Waals surface area contributed by atoms with Gasteiger partial charge in [-0.05, 0) is 70.2 Å². The van der Waals surface area contributed by atoms with Crippen LogP contribution in [-0.2, 0) is 16.0 Å². The number of likely N-dealkylation sites (tertiary alicyclic amines) is 1. The number of nitrogens with two attached hydrogens (primary N) is 3. The minimum Gasteiger partial charge on any atom is -0.341 e. The van der Waals surface area contributed by atoms with Gasteiger partial charge < -0.3 is 42.5 Å². The van der Waals surface area contributed by atoms with Crippen molar-refractivity contribution in [3.63, 3.8) is 0 Å². The molecule has 3 unspecified atom stereocenters. The number of rotatable bonds is 6. The van der Waals surface area contributed by atoms with Crippen molar-refractivity contribution in [1.29, 1.82) is 0 Å². The van der Waals surface area contributed by atoms with Crippen LogP contribution in [-0.4, -0.2) is 101 Å². The molecule has 3 aliphatic heterocycles. The van der Waals surface area contributed by atoms with Gasteiger partial charge >= 0.3 is 12.1 Å². The van der Waals surface area contributed by atoms with Gasteiger partial charge in [-0.25, -0.2) is 9.59 Å². The molecule has 42 heavy (non-hydrogen) atoms. The lowest BCUT2D eigenvalue weighted by atomic mass is 10.0. The first kappa shape index (κ1) is 31.3. The van der Waals surface area contributed by atoms with Crippen molar-refractivity contribution in [2.24, 2.45) is 17.2 Å². The van der Waals surface area contributed by atoms with Crippen molar-refractivity contribution in [2.45, 2.75) is 69.7 Å². The summed E-state index contributed by atoms with van der Waals surface area (Å²) in [4.78, 5) is 57.8. The van der Waals surface area contributed by atoms with Crippen LogP contribution in [0.4, 0.5) is 15.3 Å². The van der Waals surface area contributed by atoms with Crippen LogP contribution in [0.15, 0.2) is 36.5 Å². The lowest BCUT2D eigenvalue weighted by Crippen LogP contribution is -2.65. The quantitative estimate of drug-likeness (QED) is 0.318. The molecular weight excluding hydrogens is 538 g/mol. The molecule has 13 heteroatoms. The van der Waals surface area contributed by atoms with Crippen LogP contribution in [0.25, 0.3) is 0 Å². The minimum absolute atomic E-state index is 0.0669. The van der Waals surface area contributed by atoms with Crippen LogP contribution in [0.1, 0.15) is 45.6 Å². The second-order valence-electron chi connectivity index (χ2n) is 12.2. The highest BCUT2D eigenvalue weighted by atomic mass is 16.2. The van der Waals surface area contributed by atoms with E-state index in [1.165, 1.54) is 4.90 Å². The Morgan fingerprint density at radius 1 is 1.02 bits per heavy atom. The molecule has 1 aromatic rings. The summed E-state index contributed by atoms with van der Waals surface area (Å²) in [7, 11) is 0. The van der Waals surface area contributed by atoms with Gasteiger partial charge in [0.1, 0.15) is 5.66 Å². The molecule has 0 aliphatic carbocycles. The molecule has 230 valence electrons. The number of nitrogens with zero attached hydrogens (tertiary/aromatic N) is 4. The van der Waals surface area contributed by atoms with E-state index >= 15 is 0 Å². The summed E-state index contributed by atoms with van der Waals surface area (Å²) < 4.78 is 0. The Balaban J connectivity index is 1.30. The molecule has 2 fully saturated rings. The zero-order valence-corrected chi connectivity index (χ0v) is 24.8. The number of carbonyl (C=O) groups is 4. The normalized spacial score (nSPS) is 24.1. The lowest BCUT2D eigenvalue weighted by molar-refractivity contribution is -0.137. The average Bonchev–Trinajstić information content (AvgIpc) is 3.16. The fourth-order valence-electron chi connectivity index (χ4n) is 5.42. The number of carbonyl (C=O) groups excluding carboxylic acids is 4. The van der Waals surface area contributed by atoms with Crippen LogP contribution < -0.4 is 32.7 Å². The van der Waals surface area contributed by atoms with Crippen molar-refractivity contribution in [3.05, 3.63) is 42.1 Å². The molecule has 0 aromatic heterocycles. The van der Waals surface area contributed by atoms with Crippen molar-refractivity contribution < 1.29 is 19.2 Å². The van der Waals surface area contributed by atoms with E-state index in [2.05, 4.69) is 10.6 Å². The summed E-state index contributed by atoms with van der Waals surface area (Å²) in [5.74, 6) is -0.220. The summed E-state index contributed by atoms with van der Waals surface area (Å²) in [5.41, 5.74) is 17.7. The SMILES string of the molecule is CC1(NC(=O)N2CCN(C(=O)C(C)(C)N)CC2)C=CN(c2ccc(CC(N)C(=O)N3CCCC(N)CC3)cc2)C(=O)N1. The maximum Gasteiger partial charge on any atom is 0.328 e. The monoisotopic (exact) mass is 583 g/mol.